The van der Waals surface area contributed by atoms with Crippen molar-refractivity contribution in [1.29, 1.82) is 0 Å². The van der Waals surface area contributed by atoms with Gasteiger partial charge in [-0.3, -0.25) is 9.59 Å². The van der Waals surface area contributed by atoms with E-state index in [0.717, 1.165) is 6.42 Å². The molecule has 2 amide bonds. The van der Waals surface area contributed by atoms with Gasteiger partial charge in [0.15, 0.2) is 0 Å². The first-order chi connectivity index (χ1) is 8.13. The van der Waals surface area contributed by atoms with Crippen LogP contribution in [0.4, 0.5) is 0 Å². The average molecular weight is 252 g/mol. The molecule has 1 aromatic heterocycles. The fourth-order valence-electron chi connectivity index (χ4n) is 1.29. The van der Waals surface area contributed by atoms with Crippen molar-refractivity contribution in [3.05, 3.63) is 35.0 Å². The molecule has 0 fully saturated rings. The van der Waals surface area contributed by atoms with Gasteiger partial charge in [0, 0.05) is 18.5 Å². The van der Waals surface area contributed by atoms with Crippen molar-refractivity contribution in [3.63, 3.8) is 0 Å². The molecule has 4 nitrogen and oxygen atoms in total. The number of nitrogens with one attached hydrogen (secondary N) is 1. The second kappa shape index (κ2) is 6.85. The number of carbonyl (C=O) groups excluding carboxylic acids is 2. The van der Waals surface area contributed by atoms with Crippen molar-refractivity contribution < 1.29 is 9.59 Å². The summed E-state index contributed by atoms with van der Waals surface area (Å²) in [4.78, 5) is 25.2. The van der Waals surface area contributed by atoms with E-state index in [4.69, 9.17) is 0 Å². The highest BCUT2D eigenvalue weighted by Crippen LogP contribution is 2.07. The molecule has 0 aliphatic carbocycles. The van der Waals surface area contributed by atoms with Gasteiger partial charge in [-0.2, -0.15) is 0 Å². The number of hydrogen-bond donors (Lipinski definition) is 1. The second-order valence-electron chi connectivity index (χ2n) is 3.58. The third-order valence-corrected chi connectivity index (χ3v) is 3.14. The number of thiophene rings is 1. The standard InChI is InChI=1S/C12H16N2O2S/c1-3-12(16)14(2)9-11(15)13-7-6-10-5-4-8-17-10/h3-5,8H,1,6-7,9H2,2H3,(H,13,15). The van der Waals surface area contributed by atoms with Crippen molar-refractivity contribution in [2.24, 2.45) is 0 Å². The Labute approximate surface area is 105 Å². The molecule has 92 valence electrons. The van der Waals surface area contributed by atoms with E-state index in [1.807, 2.05) is 17.5 Å². The molecule has 1 N–H and O–H groups in total. The highest BCUT2D eigenvalue weighted by Gasteiger charge is 2.09. The lowest BCUT2D eigenvalue weighted by molar-refractivity contribution is -0.131. The Balaban J connectivity index is 2.21. The van der Waals surface area contributed by atoms with Gasteiger partial charge in [0.2, 0.25) is 11.8 Å². The maximum absolute atomic E-state index is 11.5. The van der Waals surface area contributed by atoms with E-state index in [-0.39, 0.29) is 18.4 Å². The molecular formula is C12H16N2O2S. The van der Waals surface area contributed by atoms with Crippen LogP contribution in [-0.4, -0.2) is 36.9 Å². The Morgan fingerprint density at radius 3 is 2.94 bits per heavy atom. The van der Waals surface area contributed by atoms with E-state index in [0.29, 0.717) is 6.54 Å². The van der Waals surface area contributed by atoms with Crippen LogP contribution in [0.2, 0.25) is 0 Å². The molecule has 1 aromatic rings. The highest BCUT2D eigenvalue weighted by atomic mass is 32.1. The SMILES string of the molecule is C=CC(=O)N(C)CC(=O)NCCc1cccs1. The van der Waals surface area contributed by atoms with Crippen LogP contribution in [0.3, 0.4) is 0 Å². The van der Waals surface area contributed by atoms with Crippen molar-refractivity contribution in [2.45, 2.75) is 6.42 Å². The molecule has 0 saturated carbocycles. The Hall–Kier alpha value is -1.62. The van der Waals surface area contributed by atoms with E-state index in [1.165, 1.54) is 15.9 Å². The molecule has 0 aliphatic rings. The maximum Gasteiger partial charge on any atom is 0.246 e. The third-order valence-electron chi connectivity index (χ3n) is 2.21. The van der Waals surface area contributed by atoms with Crippen molar-refractivity contribution in [1.82, 2.24) is 10.2 Å². The molecule has 17 heavy (non-hydrogen) atoms. The van der Waals surface area contributed by atoms with Crippen LogP contribution in [0.25, 0.3) is 0 Å². The molecule has 0 unspecified atom stereocenters. The smallest absolute Gasteiger partial charge is 0.246 e. The summed E-state index contributed by atoms with van der Waals surface area (Å²) < 4.78 is 0. The molecule has 0 bridgehead atoms. The number of likely N-dealkylation sites (N-methyl/N-ethyl adjacent to an activating group) is 1. The molecule has 0 radical (unpaired) electrons. The van der Waals surface area contributed by atoms with Crippen LogP contribution in [0.1, 0.15) is 4.88 Å². The third kappa shape index (κ3) is 4.82. The van der Waals surface area contributed by atoms with Crippen LogP contribution < -0.4 is 5.32 Å². The zero-order chi connectivity index (χ0) is 12.7. The normalized spacial score (nSPS) is 9.71. The summed E-state index contributed by atoms with van der Waals surface area (Å²) in [6.45, 7) is 4.02. The van der Waals surface area contributed by atoms with E-state index in [2.05, 4.69) is 11.9 Å². The number of hydrogen-bond acceptors (Lipinski definition) is 3. The number of nitrogens with zero attached hydrogens (tertiary/aromatic N) is 1. The minimum atomic E-state index is -0.251. The van der Waals surface area contributed by atoms with Gasteiger partial charge in [-0.1, -0.05) is 12.6 Å². The summed E-state index contributed by atoms with van der Waals surface area (Å²) in [6, 6.07) is 4.02. The van der Waals surface area contributed by atoms with Gasteiger partial charge in [0.25, 0.3) is 0 Å². The Bertz CT molecular complexity index is 387. The van der Waals surface area contributed by atoms with Crippen LogP contribution in [0, 0.1) is 0 Å². The lowest BCUT2D eigenvalue weighted by atomic mass is 10.3. The zero-order valence-corrected chi connectivity index (χ0v) is 10.6. The second-order valence-corrected chi connectivity index (χ2v) is 4.61. The van der Waals surface area contributed by atoms with Gasteiger partial charge in [0.05, 0.1) is 6.54 Å². The largest absolute Gasteiger partial charge is 0.354 e. The van der Waals surface area contributed by atoms with Gasteiger partial charge >= 0.3 is 0 Å². The lowest BCUT2D eigenvalue weighted by Crippen LogP contribution is -2.38. The molecule has 0 aliphatic heterocycles. The van der Waals surface area contributed by atoms with E-state index in [9.17, 15) is 9.59 Å². The fourth-order valence-corrected chi connectivity index (χ4v) is 1.99. The number of carbonyl (C=O) groups is 2. The molecule has 0 saturated heterocycles. The minimum absolute atomic E-state index is 0.0648. The maximum atomic E-state index is 11.5. The summed E-state index contributed by atoms with van der Waals surface area (Å²) in [5.41, 5.74) is 0. The summed E-state index contributed by atoms with van der Waals surface area (Å²) >= 11 is 1.67. The van der Waals surface area contributed by atoms with Crippen LogP contribution in [-0.2, 0) is 16.0 Å². The Morgan fingerprint density at radius 1 is 1.59 bits per heavy atom. The van der Waals surface area contributed by atoms with Crippen LogP contribution in [0.5, 0.6) is 0 Å². The summed E-state index contributed by atoms with van der Waals surface area (Å²) in [6.07, 6.45) is 2.02. The van der Waals surface area contributed by atoms with E-state index >= 15 is 0 Å². The first kappa shape index (κ1) is 13.4. The average Bonchev–Trinajstić information content (AvgIpc) is 2.80. The van der Waals surface area contributed by atoms with Crippen molar-refractivity contribution >= 4 is 23.2 Å². The van der Waals surface area contributed by atoms with Crippen LogP contribution >= 0.6 is 11.3 Å². The summed E-state index contributed by atoms with van der Waals surface area (Å²) in [5.74, 6) is -0.405. The van der Waals surface area contributed by atoms with Gasteiger partial charge in [-0.15, -0.1) is 11.3 Å². The molecule has 1 rings (SSSR count). The molecule has 0 spiro atoms. The predicted octanol–water partition coefficient (Wildman–Crippen LogP) is 1.05. The first-order valence-corrected chi connectivity index (χ1v) is 6.18. The topological polar surface area (TPSA) is 49.4 Å². The monoisotopic (exact) mass is 252 g/mol. The van der Waals surface area contributed by atoms with E-state index in [1.54, 1.807) is 18.4 Å². The van der Waals surface area contributed by atoms with E-state index < -0.39 is 0 Å². The molecular weight excluding hydrogens is 236 g/mol. The van der Waals surface area contributed by atoms with Crippen molar-refractivity contribution in [3.8, 4) is 0 Å². The Morgan fingerprint density at radius 2 is 2.35 bits per heavy atom. The number of amides is 2. The molecule has 0 atom stereocenters. The van der Waals surface area contributed by atoms with Gasteiger partial charge in [-0.25, -0.2) is 0 Å². The Kier molecular flexibility index (Phi) is 5.42. The molecule has 5 heteroatoms. The van der Waals surface area contributed by atoms with Gasteiger partial charge in [-0.05, 0) is 23.9 Å². The fraction of sp³-hybridized carbons (Fsp3) is 0.333. The van der Waals surface area contributed by atoms with Gasteiger partial charge < -0.3 is 10.2 Å². The minimum Gasteiger partial charge on any atom is -0.354 e. The molecule has 0 aromatic carbocycles. The number of rotatable bonds is 6. The summed E-state index contributed by atoms with van der Waals surface area (Å²) in [5, 5.41) is 4.78. The first-order valence-electron chi connectivity index (χ1n) is 5.30. The lowest BCUT2D eigenvalue weighted by Gasteiger charge is -2.14. The quantitative estimate of drug-likeness (QED) is 0.769. The predicted molar refractivity (Wildman–Crippen MR) is 68.9 cm³/mol. The molecule has 1 heterocycles. The van der Waals surface area contributed by atoms with Gasteiger partial charge in [0.1, 0.15) is 0 Å². The summed E-state index contributed by atoms with van der Waals surface area (Å²) in [7, 11) is 1.57. The van der Waals surface area contributed by atoms with Crippen molar-refractivity contribution in [2.75, 3.05) is 20.1 Å². The zero-order valence-electron chi connectivity index (χ0n) is 9.81. The highest BCUT2D eigenvalue weighted by molar-refractivity contribution is 7.09. The van der Waals surface area contributed by atoms with Crippen LogP contribution in [0.15, 0.2) is 30.2 Å².